The second-order valence-corrected chi connectivity index (χ2v) is 8.58. The lowest BCUT2D eigenvalue weighted by Gasteiger charge is -2.15. The first kappa shape index (κ1) is 22.0. The lowest BCUT2D eigenvalue weighted by atomic mass is 10.1. The van der Waals surface area contributed by atoms with Gasteiger partial charge in [0, 0.05) is 18.9 Å². The molecule has 3 rings (SSSR count). The molecule has 1 heterocycles. The number of hydrogen-bond donors (Lipinski definition) is 1. The fraction of sp³-hybridized carbons (Fsp3) is 0.526. The summed E-state index contributed by atoms with van der Waals surface area (Å²) < 4.78 is 47.8. The van der Waals surface area contributed by atoms with Gasteiger partial charge in [-0.3, -0.25) is 8.96 Å². The molecule has 1 aromatic heterocycles. The van der Waals surface area contributed by atoms with Gasteiger partial charge in [0.1, 0.15) is 16.5 Å². The summed E-state index contributed by atoms with van der Waals surface area (Å²) in [6.07, 6.45) is 2.55. The quantitative estimate of drug-likeness (QED) is 0.598. The van der Waals surface area contributed by atoms with Crippen LogP contribution in [0, 0.1) is 0 Å². The molecule has 1 aliphatic rings. The summed E-state index contributed by atoms with van der Waals surface area (Å²) >= 11 is 0. The van der Waals surface area contributed by atoms with Crippen LogP contribution >= 0.6 is 0 Å². The van der Waals surface area contributed by atoms with Crippen LogP contribution < -0.4 is 15.1 Å². The van der Waals surface area contributed by atoms with E-state index < -0.39 is 28.4 Å². The number of sulfonamides is 1. The number of rotatable bonds is 9. The molecule has 0 unspecified atom stereocenters. The van der Waals surface area contributed by atoms with Gasteiger partial charge in [-0.15, -0.1) is 9.78 Å². The molecule has 0 spiro atoms. The molecule has 30 heavy (non-hydrogen) atoms. The number of nitrogens with one attached hydrogen (secondary N) is 1. The van der Waals surface area contributed by atoms with E-state index in [1.165, 1.54) is 10.6 Å². The number of hydrogen-bond acceptors (Lipinski definition) is 6. The first-order valence-corrected chi connectivity index (χ1v) is 11.4. The minimum absolute atomic E-state index is 0.00179. The van der Waals surface area contributed by atoms with E-state index in [0.29, 0.717) is 28.9 Å². The maximum atomic E-state index is 13.0. The SMILES string of the molecule is CCc1cccc(OCCCF)c1S(=O)(=O)NC(=O)n1nc(CC)n(C2CC2)c1=O. The van der Waals surface area contributed by atoms with Gasteiger partial charge in [0.2, 0.25) is 0 Å². The highest BCUT2D eigenvalue weighted by Gasteiger charge is 2.32. The Balaban J connectivity index is 1.94. The van der Waals surface area contributed by atoms with Crippen LogP contribution in [0.15, 0.2) is 27.9 Å². The number of alkyl halides is 1. The van der Waals surface area contributed by atoms with Crippen molar-refractivity contribution in [2.45, 2.75) is 56.9 Å². The molecule has 0 saturated heterocycles. The number of aromatic nitrogens is 3. The van der Waals surface area contributed by atoms with E-state index in [1.54, 1.807) is 26.0 Å². The van der Waals surface area contributed by atoms with Crippen LogP contribution in [0.4, 0.5) is 9.18 Å². The van der Waals surface area contributed by atoms with Crippen molar-refractivity contribution >= 4 is 16.1 Å². The standard InChI is InChI=1S/C19H25FN4O5S/c1-3-13-7-5-8-15(29-12-6-11-20)17(13)30(27,28)22-18(25)24-19(26)23(14-9-10-14)16(4-2)21-24/h5,7-8,14H,3-4,6,9-12H2,1-2H3,(H,22,25). The smallest absolute Gasteiger partial charge is 0.360 e. The Morgan fingerprint density at radius 3 is 2.63 bits per heavy atom. The van der Waals surface area contributed by atoms with E-state index in [0.717, 1.165) is 12.8 Å². The summed E-state index contributed by atoms with van der Waals surface area (Å²) in [5, 5.41) is 4.01. The topological polar surface area (TPSA) is 112 Å². The van der Waals surface area contributed by atoms with Crippen molar-refractivity contribution in [2.24, 2.45) is 0 Å². The van der Waals surface area contributed by atoms with Crippen molar-refractivity contribution < 1.29 is 22.3 Å². The number of benzene rings is 1. The molecule has 0 atom stereocenters. The van der Waals surface area contributed by atoms with Gasteiger partial charge in [0.25, 0.3) is 10.0 Å². The van der Waals surface area contributed by atoms with Gasteiger partial charge < -0.3 is 4.74 Å². The highest BCUT2D eigenvalue weighted by molar-refractivity contribution is 7.90. The van der Waals surface area contributed by atoms with Gasteiger partial charge in [-0.05, 0) is 30.9 Å². The number of aryl methyl sites for hydroxylation is 2. The van der Waals surface area contributed by atoms with Crippen LogP contribution in [0.5, 0.6) is 5.75 Å². The van der Waals surface area contributed by atoms with Crippen LogP contribution in [0.3, 0.4) is 0 Å². The molecule has 1 aliphatic carbocycles. The van der Waals surface area contributed by atoms with E-state index >= 15 is 0 Å². The summed E-state index contributed by atoms with van der Waals surface area (Å²) in [4.78, 5) is 25.1. The molecule has 0 bridgehead atoms. The summed E-state index contributed by atoms with van der Waals surface area (Å²) in [7, 11) is -4.38. The third-order valence-corrected chi connectivity index (χ3v) is 6.21. The Labute approximate surface area is 173 Å². The molecule has 1 N–H and O–H groups in total. The van der Waals surface area contributed by atoms with Gasteiger partial charge >= 0.3 is 11.7 Å². The molecule has 1 amide bonds. The van der Waals surface area contributed by atoms with E-state index in [4.69, 9.17) is 4.74 Å². The number of amides is 1. The van der Waals surface area contributed by atoms with Crippen molar-refractivity contribution in [3.8, 4) is 5.75 Å². The van der Waals surface area contributed by atoms with Crippen molar-refractivity contribution in [3.05, 3.63) is 40.1 Å². The minimum atomic E-state index is -4.38. The molecule has 11 heteroatoms. The van der Waals surface area contributed by atoms with Crippen LogP contribution in [0.25, 0.3) is 0 Å². The zero-order valence-electron chi connectivity index (χ0n) is 16.9. The fourth-order valence-electron chi connectivity index (χ4n) is 3.20. The summed E-state index contributed by atoms with van der Waals surface area (Å²) in [5.41, 5.74) is -0.233. The van der Waals surface area contributed by atoms with E-state index in [-0.39, 0.29) is 29.7 Å². The normalized spacial score (nSPS) is 14.0. The lowest BCUT2D eigenvalue weighted by Crippen LogP contribution is -2.41. The molecule has 1 fully saturated rings. The monoisotopic (exact) mass is 440 g/mol. The van der Waals surface area contributed by atoms with Crippen LogP contribution in [0.1, 0.15) is 50.5 Å². The summed E-state index contributed by atoms with van der Waals surface area (Å²) in [6, 6.07) is 3.51. The Hall–Kier alpha value is -2.69. The molecule has 0 radical (unpaired) electrons. The second-order valence-electron chi connectivity index (χ2n) is 6.96. The Morgan fingerprint density at radius 1 is 1.30 bits per heavy atom. The maximum Gasteiger partial charge on any atom is 0.360 e. The van der Waals surface area contributed by atoms with Crippen LogP contribution in [-0.4, -0.2) is 42.1 Å². The molecule has 1 aromatic carbocycles. The van der Waals surface area contributed by atoms with Gasteiger partial charge in [0.05, 0.1) is 13.3 Å². The van der Waals surface area contributed by atoms with Crippen molar-refractivity contribution in [3.63, 3.8) is 0 Å². The summed E-state index contributed by atoms with van der Waals surface area (Å²) in [6.45, 7) is 2.96. The molecule has 0 aliphatic heterocycles. The molecule has 9 nitrogen and oxygen atoms in total. The Kier molecular flexibility index (Phi) is 6.59. The predicted octanol–water partition coefficient (Wildman–Crippen LogP) is 2.19. The minimum Gasteiger partial charge on any atom is -0.492 e. The number of nitrogens with zero attached hydrogens (tertiary/aromatic N) is 3. The van der Waals surface area contributed by atoms with E-state index in [1.807, 2.05) is 4.72 Å². The van der Waals surface area contributed by atoms with Crippen molar-refractivity contribution in [2.75, 3.05) is 13.3 Å². The number of carbonyl (C=O) groups excluding carboxylic acids is 1. The molecular formula is C19H25FN4O5S. The highest BCUT2D eigenvalue weighted by atomic mass is 32.2. The van der Waals surface area contributed by atoms with E-state index in [9.17, 15) is 22.4 Å². The van der Waals surface area contributed by atoms with Crippen molar-refractivity contribution in [1.82, 2.24) is 19.1 Å². The van der Waals surface area contributed by atoms with E-state index in [2.05, 4.69) is 5.10 Å². The fourth-order valence-corrected chi connectivity index (χ4v) is 4.56. The van der Waals surface area contributed by atoms with Gasteiger partial charge in [0.15, 0.2) is 0 Å². The Bertz CT molecular complexity index is 1090. The average molecular weight is 440 g/mol. The first-order valence-electron chi connectivity index (χ1n) is 9.92. The molecule has 2 aromatic rings. The highest BCUT2D eigenvalue weighted by Crippen LogP contribution is 2.34. The molecule has 1 saturated carbocycles. The lowest BCUT2D eigenvalue weighted by molar-refractivity contribution is 0.243. The largest absolute Gasteiger partial charge is 0.492 e. The molecular weight excluding hydrogens is 415 g/mol. The zero-order chi connectivity index (χ0) is 21.9. The number of ether oxygens (including phenoxy) is 1. The van der Waals surface area contributed by atoms with Gasteiger partial charge in [-0.2, -0.15) is 0 Å². The molecule has 164 valence electrons. The zero-order valence-corrected chi connectivity index (χ0v) is 17.7. The van der Waals surface area contributed by atoms with Crippen LogP contribution in [-0.2, 0) is 22.9 Å². The van der Waals surface area contributed by atoms with Crippen molar-refractivity contribution in [1.29, 1.82) is 0 Å². The average Bonchev–Trinajstić information content (AvgIpc) is 3.49. The summed E-state index contributed by atoms with van der Waals surface area (Å²) in [5.74, 6) is 0.451. The number of halogens is 1. The second kappa shape index (κ2) is 8.99. The predicted molar refractivity (Wildman–Crippen MR) is 107 cm³/mol. The van der Waals surface area contributed by atoms with Crippen LogP contribution in [0.2, 0.25) is 0 Å². The first-order chi connectivity index (χ1) is 14.3. The maximum absolute atomic E-state index is 13.0. The van der Waals surface area contributed by atoms with Gasteiger partial charge in [-0.1, -0.05) is 26.0 Å². The number of carbonyl (C=O) groups is 1. The third kappa shape index (κ3) is 4.40. The van der Waals surface area contributed by atoms with Gasteiger partial charge in [-0.25, -0.2) is 22.7 Å². The third-order valence-electron chi connectivity index (χ3n) is 4.77. The Morgan fingerprint density at radius 2 is 2.03 bits per heavy atom.